The Morgan fingerprint density at radius 1 is 1.29 bits per heavy atom. The van der Waals surface area contributed by atoms with Crippen LogP contribution in [0.1, 0.15) is 5.69 Å². The minimum atomic E-state index is 0.739. The lowest BCUT2D eigenvalue weighted by Crippen LogP contribution is -2.15. The van der Waals surface area contributed by atoms with E-state index in [1.54, 1.807) is 4.68 Å². The van der Waals surface area contributed by atoms with Gasteiger partial charge in [0.1, 0.15) is 0 Å². The third-order valence-corrected chi connectivity index (χ3v) is 2.64. The third kappa shape index (κ3) is 2.41. The molecule has 0 aliphatic rings. The quantitative estimate of drug-likeness (QED) is 0.851. The highest BCUT2D eigenvalue weighted by molar-refractivity contribution is 5.39. The summed E-state index contributed by atoms with van der Waals surface area (Å²) in [6, 6.07) is 0. The van der Waals surface area contributed by atoms with Crippen molar-refractivity contribution >= 4 is 11.6 Å². The lowest BCUT2D eigenvalue weighted by atomic mass is 10.4. The van der Waals surface area contributed by atoms with E-state index in [-0.39, 0.29) is 0 Å². The van der Waals surface area contributed by atoms with Crippen molar-refractivity contribution in [3.05, 3.63) is 24.3 Å². The molecule has 0 amide bonds. The number of hydrogen-bond donors (Lipinski definition) is 1. The number of nitrogens with one attached hydrogen (secondary N) is 1. The summed E-state index contributed by atoms with van der Waals surface area (Å²) in [6.45, 7) is 0.739. The first-order valence-electron chi connectivity index (χ1n) is 5.48. The van der Waals surface area contributed by atoms with E-state index in [1.165, 1.54) is 0 Å². The molecule has 0 unspecified atom stereocenters. The van der Waals surface area contributed by atoms with Gasteiger partial charge in [-0.3, -0.25) is 4.68 Å². The van der Waals surface area contributed by atoms with E-state index >= 15 is 0 Å². The summed E-state index contributed by atoms with van der Waals surface area (Å²) in [5, 5.41) is 7.42. The Morgan fingerprint density at radius 2 is 2.06 bits per heavy atom. The smallest absolute Gasteiger partial charge is 0.204 e. The first kappa shape index (κ1) is 11.5. The van der Waals surface area contributed by atoms with Crippen LogP contribution in [-0.4, -0.2) is 33.4 Å². The van der Waals surface area contributed by atoms with E-state index in [0.717, 1.165) is 23.9 Å². The molecule has 0 saturated carbocycles. The number of nitrogens with zero attached hydrogens (tertiary/aromatic N) is 5. The number of anilines is 2. The summed E-state index contributed by atoms with van der Waals surface area (Å²) in [5.74, 6) is 0.952. The zero-order valence-electron chi connectivity index (χ0n) is 10.7. The van der Waals surface area contributed by atoms with Crippen LogP contribution in [0.2, 0.25) is 0 Å². The maximum absolute atomic E-state index is 4.36. The Kier molecular flexibility index (Phi) is 3.03. The van der Waals surface area contributed by atoms with Gasteiger partial charge in [0.25, 0.3) is 0 Å². The van der Waals surface area contributed by atoms with Crippen LogP contribution < -0.4 is 10.2 Å². The summed E-state index contributed by atoms with van der Waals surface area (Å²) < 4.78 is 3.85. The van der Waals surface area contributed by atoms with Crippen LogP contribution in [0.5, 0.6) is 0 Å². The van der Waals surface area contributed by atoms with Crippen molar-refractivity contribution in [2.45, 2.75) is 6.54 Å². The molecule has 0 saturated heterocycles. The maximum atomic E-state index is 4.36. The van der Waals surface area contributed by atoms with Crippen molar-refractivity contribution in [1.29, 1.82) is 0 Å². The van der Waals surface area contributed by atoms with E-state index in [9.17, 15) is 0 Å². The minimum absolute atomic E-state index is 0.739. The molecule has 0 aliphatic carbocycles. The molecular formula is C11H18N6. The van der Waals surface area contributed by atoms with Gasteiger partial charge in [-0.2, -0.15) is 5.10 Å². The molecule has 6 nitrogen and oxygen atoms in total. The lowest BCUT2D eigenvalue weighted by molar-refractivity contribution is 0.767. The Hall–Kier alpha value is -1.98. The zero-order chi connectivity index (χ0) is 12.4. The molecule has 2 rings (SSSR count). The van der Waals surface area contributed by atoms with Gasteiger partial charge in [0.05, 0.1) is 30.3 Å². The molecule has 0 aliphatic heterocycles. The van der Waals surface area contributed by atoms with Crippen LogP contribution in [0, 0.1) is 0 Å². The topological polar surface area (TPSA) is 50.9 Å². The van der Waals surface area contributed by atoms with Crippen molar-refractivity contribution < 1.29 is 0 Å². The van der Waals surface area contributed by atoms with E-state index in [0.29, 0.717) is 0 Å². The standard InChI is InChI=1S/C11H18N6/c1-15(2)11-13-7-10(17(11)4)6-12-9-5-14-16(3)8-9/h5,7-8,12H,6H2,1-4H3. The molecule has 0 atom stereocenters. The minimum Gasteiger partial charge on any atom is -0.377 e. The van der Waals surface area contributed by atoms with E-state index in [2.05, 4.69) is 20.0 Å². The molecular weight excluding hydrogens is 216 g/mol. The van der Waals surface area contributed by atoms with Crippen molar-refractivity contribution in [3.63, 3.8) is 0 Å². The second-order valence-corrected chi connectivity index (χ2v) is 4.26. The molecule has 6 heteroatoms. The van der Waals surface area contributed by atoms with E-state index in [4.69, 9.17) is 0 Å². The van der Waals surface area contributed by atoms with Gasteiger partial charge >= 0.3 is 0 Å². The average molecular weight is 234 g/mol. The molecule has 92 valence electrons. The second kappa shape index (κ2) is 4.48. The maximum Gasteiger partial charge on any atom is 0.204 e. The number of aromatic nitrogens is 4. The van der Waals surface area contributed by atoms with Gasteiger partial charge in [-0.1, -0.05) is 0 Å². The summed E-state index contributed by atoms with van der Waals surface area (Å²) in [5.41, 5.74) is 2.15. The molecule has 2 heterocycles. The van der Waals surface area contributed by atoms with Crippen molar-refractivity contribution in [1.82, 2.24) is 19.3 Å². The van der Waals surface area contributed by atoms with Gasteiger partial charge in [-0.15, -0.1) is 0 Å². The molecule has 1 N–H and O–H groups in total. The van der Waals surface area contributed by atoms with Crippen LogP contribution in [0.15, 0.2) is 18.6 Å². The molecule has 0 radical (unpaired) electrons. The number of aryl methyl sites for hydroxylation is 1. The van der Waals surface area contributed by atoms with Crippen LogP contribution in [0.4, 0.5) is 11.6 Å². The first-order chi connectivity index (χ1) is 8.08. The summed E-state index contributed by atoms with van der Waals surface area (Å²) in [4.78, 5) is 6.35. The van der Waals surface area contributed by atoms with Crippen molar-refractivity contribution in [2.75, 3.05) is 24.3 Å². The average Bonchev–Trinajstić information content (AvgIpc) is 2.82. The number of hydrogen-bond acceptors (Lipinski definition) is 4. The summed E-state index contributed by atoms with van der Waals surface area (Å²) in [6.07, 6.45) is 5.64. The lowest BCUT2D eigenvalue weighted by Gasteiger charge is -2.12. The highest BCUT2D eigenvalue weighted by Gasteiger charge is 2.07. The van der Waals surface area contributed by atoms with Crippen molar-refractivity contribution in [2.24, 2.45) is 14.1 Å². The largest absolute Gasteiger partial charge is 0.377 e. The summed E-state index contributed by atoms with van der Waals surface area (Å²) >= 11 is 0. The second-order valence-electron chi connectivity index (χ2n) is 4.26. The third-order valence-electron chi connectivity index (χ3n) is 2.64. The van der Waals surface area contributed by atoms with E-state index < -0.39 is 0 Å². The van der Waals surface area contributed by atoms with Crippen LogP contribution in [-0.2, 0) is 20.6 Å². The fraction of sp³-hybridized carbons (Fsp3) is 0.455. The van der Waals surface area contributed by atoms with Gasteiger partial charge in [0.15, 0.2) is 0 Å². The molecule has 0 fully saturated rings. The van der Waals surface area contributed by atoms with Crippen LogP contribution in [0.3, 0.4) is 0 Å². The first-order valence-corrected chi connectivity index (χ1v) is 5.48. The van der Waals surface area contributed by atoms with E-state index in [1.807, 2.05) is 51.7 Å². The molecule has 17 heavy (non-hydrogen) atoms. The highest BCUT2D eigenvalue weighted by Crippen LogP contribution is 2.12. The van der Waals surface area contributed by atoms with Gasteiger partial charge in [0.2, 0.25) is 5.95 Å². The fourth-order valence-corrected chi connectivity index (χ4v) is 1.72. The normalized spacial score (nSPS) is 10.6. The Labute approximate surface area is 101 Å². The predicted molar refractivity (Wildman–Crippen MR) is 68.1 cm³/mol. The van der Waals surface area contributed by atoms with Crippen LogP contribution >= 0.6 is 0 Å². The van der Waals surface area contributed by atoms with Gasteiger partial charge < -0.3 is 14.8 Å². The molecule has 0 aromatic carbocycles. The summed E-state index contributed by atoms with van der Waals surface area (Å²) in [7, 11) is 7.89. The molecule has 2 aromatic rings. The monoisotopic (exact) mass is 234 g/mol. The van der Waals surface area contributed by atoms with Gasteiger partial charge in [0, 0.05) is 34.4 Å². The Morgan fingerprint density at radius 3 is 2.59 bits per heavy atom. The fourth-order valence-electron chi connectivity index (χ4n) is 1.72. The van der Waals surface area contributed by atoms with Crippen molar-refractivity contribution in [3.8, 4) is 0 Å². The van der Waals surface area contributed by atoms with Gasteiger partial charge in [-0.25, -0.2) is 4.98 Å². The molecule has 2 aromatic heterocycles. The Bertz CT molecular complexity index is 496. The zero-order valence-corrected chi connectivity index (χ0v) is 10.7. The molecule has 0 bridgehead atoms. The number of imidazole rings is 1. The highest BCUT2D eigenvalue weighted by atomic mass is 15.3. The number of rotatable bonds is 4. The van der Waals surface area contributed by atoms with Gasteiger partial charge in [-0.05, 0) is 0 Å². The SMILES string of the molecule is CN(C)c1ncc(CNc2cnn(C)c2)n1C. The Balaban J connectivity index is 2.04. The predicted octanol–water partition coefficient (Wildman–Crippen LogP) is 0.832. The van der Waals surface area contributed by atoms with Crippen LogP contribution in [0.25, 0.3) is 0 Å². The molecule has 0 spiro atoms.